The zero-order chi connectivity index (χ0) is 63.6. The summed E-state index contributed by atoms with van der Waals surface area (Å²) in [5.41, 5.74) is 1.75. The summed E-state index contributed by atoms with van der Waals surface area (Å²) in [5, 5.41) is 27.9. The van der Waals surface area contributed by atoms with E-state index in [1.165, 1.54) is 24.3 Å². The van der Waals surface area contributed by atoms with Gasteiger partial charge in [-0.2, -0.15) is 0 Å². The first-order chi connectivity index (χ1) is 43.0. The lowest BCUT2D eigenvalue weighted by Crippen LogP contribution is -2.53. The molecule has 0 aliphatic carbocycles. The molecule has 2 aromatic rings. The maximum absolute atomic E-state index is 12.8. The highest BCUT2D eigenvalue weighted by atomic mass is 16.7. The van der Waals surface area contributed by atoms with Gasteiger partial charge in [0.25, 0.3) is 5.69 Å². The van der Waals surface area contributed by atoms with E-state index >= 15 is 0 Å². The smallest absolute Gasteiger partial charge is 0.465 e. The summed E-state index contributed by atoms with van der Waals surface area (Å²) in [7, 11) is 1.64. The molecule has 0 unspecified atom stereocenters. The van der Waals surface area contributed by atoms with E-state index in [1.807, 2.05) is 0 Å². The predicted octanol–water partition coefficient (Wildman–Crippen LogP) is 3.15. The van der Waals surface area contributed by atoms with Crippen LogP contribution < -0.4 is 20.7 Å². The Morgan fingerprint density at radius 2 is 0.852 bits per heavy atom. The number of carbonyl (C=O) groups excluding carboxylic acids is 3. The van der Waals surface area contributed by atoms with Crippen LogP contribution in [0.2, 0.25) is 0 Å². The highest BCUT2D eigenvalue weighted by Gasteiger charge is 2.26. The molecule has 0 aliphatic heterocycles. The van der Waals surface area contributed by atoms with Crippen molar-refractivity contribution in [3.05, 3.63) is 63.7 Å². The second-order valence-corrected chi connectivity index (χ2v) is 18.7. The largest absolute Gasteiger partial charge is 0.514 e. The van der Waals surface area contributed by atoms with Gasteiger partial charge in [0.1, 0.15) is 30.7 Å². The number of hydrogen-bond acceptors (Lipinski definition) is 26. The van der Waals surface area contributed by atoms with Gasteiger partial charge < -0.3 is 116 Å². The van der Waals surface area contributed by atoms with Gasteiger partial charge in [0, 0.05) is 31.5 Å². The Labute approximate surface area is 515 Å². The van der Waals surface area contributed by atoms with Crippen molar-refractivity contribution in [3.63, 3.8) is 0 Å². The molecule has 0 aliphatic rings. The number of nitrogens with zero attached hydrogens (tertiary/aromatic N) is 1. The Bertz CT molecular complexity index is 2030. The van der Waals surface area contributed by atoms with Gasteiger partial charge in [-0.25, -0.2) is 9.59 Å². The summed E-state index contributed by atoms with van der Waals surface area (Å²) in [5.74, 6) is -0.965. The number of non-ortho nitro benzene ring substituents is 1. The van der Waals surface area contributed by atoms with Gasteiger partial charge in [-0.3, -0.25) is 14.9 Å². The molecule has 0 heterocycles. The number of rotatable bonds is 63. The summed E-state index contributed by atoms with van der Waals surface area (Å²) in [6.45, 7) is 17.9. The van der Waals surface area contributed by atoms with Gasteiger partial charge in [0.2, 0.25) is 5.91 Å². The fraction of sp³-hybridized carbons (Fsp3) is 0.724. The molecular weight excluding hydrogens is 1170 g/mol. The number of carbonyl (C=O) groups is 4. The van der Waals surface area contributed by atoms with Gasteiger partial charge in [0.05, 0.1) is 223 Å². The van der Waals surface area contributed by atoms with E-state index in [1.54, 1.807) is 39.2 Å². The van der Waals surface area contributed by atoms with Crippen molar-refractivity contribution in [2.24, 2.45) is 5.92 Å². The van der Waals surface area contributed by atoms with Crippen molar-refractivity contribution >= 4 is 35.8 Å². The maximum Gasteiger partial charge on any atom is 0.514 e. The summed E-state index contributed by atoms with van der Waals surface area (Å²) in [4.78, 5) is 58.7. The number of anilines is 1. The third-order valence-electron chi connectivity index (χ3n) is 11.6. The number of nitrogens with one attached hydrogen (secondary N) is 3. The minimum absolute atomic E-state index is 0.0160. The molecule has 0 bridgehead atoms. The van der Waals surface area contributed by atoms with Crippen molar-refractivity contribution in [1.82, 2.24) is 10.6 Å². The highest BCUT2D eigenvalue weighted by molar-refractivity contribution is 5.87. The van der Waals surface area contributed by atoms with Gasteiger partial charge >= 0.3 is 12.2 Å². The minimum atomic E-state index is -1.37. The summed E-state index contributed by atoms with van der Waals surface area (Å²) < 4.78 is 104. The molecule has 2 aromatic carbocycles. The zero-order valence-electron chi connectivity index (χ0n) is 51.4. The molecule has 0 aromatic heterocycles. The number of nitro benzene ring substituents is 1. The number of benzene rings is 2. The average molecular weight is 1270 g/mol. The monoisotopic (exact) mass is 1260 g/mol. The van der Waals surface area contributed by atoms with E-state index in [9.17, 15) is 29.3 Å². The Kier molecular flexibility index (Phi) is 50.9. The highest BCUT2D eigenvalue weighted by Crippen LogP contribution is 2.21. The van der Waals surface area contributed by atoms with E-state index in [0.717, 1.165) is 5.56 Å². The molecule has 0 saturated carbocycles. The topological polar surface area (TPSA) is 343 Å². The lowest BCUT2D eigenvalue weighted by atomic mass is 10.0. The van der Waals surface area contributed by atoms with Crippen molar-refractivity contribution in [1.29, 1.82) is 0 Å². The standard InChI is InChI=1S/C58H96N4O26/c1-48(2)55(61-57(65)66)56(64)60-52(46-63)45-59-51-5-4-50(47-87-58(67)88-54-8-6-53(7-9-54)62(68)69)49(44-51)10-11-71-14-15-73-18-19-75-22-23-77-26-27-79-30-31-81-34-35-83-38-39-85-42-43-86-41-40-84-37-36-82-33-32-80-29-28-78-25-24-76-21-20-74-17-16-72-13-12-70-3/h4-9,44,46,48,52,55,59,61H,10-43,45,47H2,1-3H3,(H,60,64)(H,65,66)/t52-,55-/m0/s1. The molecule has 0 fully saturated rings. The molecule has 30 nitrogen and oxygen atoms in total. The Morgan fingerprint density at radius 1 is 0.500 bits per heavy atom. The van der Waals surface area contributed by atoms with Gasteiger partial charge in [0.15, 0.2) is 0 Å². The minimum Gasteiger partial charge on any atom is -0.465 e. The lowest BCUT2D eigenvalue weighted by Gasteiger charge is -2.23. The number of methoxy groups -OCH3 is 1. The van der Waals surface area contributed by atoms with Gasteiger partial charge in [-0.05, 0) is 47.7 Å². The van der Waals surface area contributed by atoms with Crippen LogP contribution in [0.4, 0.5) is 21.0 Å². The van der Waals surface area contributed by atoms with Crippen LogP contribution in [-0.2, 0) is 108 Å². The number of aldehydes is 1. The summed E-state index contributed by atoms with van der Waals surface area (Å²) >= 11 is 0. The summed E-state index contributed by atoms with van der Waals surface area (Å²) in [6.07, 6.45) is -1.47. The van der Waals surface area contributed by atoms with E-state index in [2.05, 4.69) is 16.0 Å². The van der Waals surface area contributed by atoms with E-state index < -0.39 is 35.2 Å². The molecule has 88 heavy (non-hydrogen) atoms. The first kappa shape index (κ1) is 78.7. The summed E-state index contributed by atoms with van der Waals surface area (Å²) in [6, 6.07) is 8.06. The Balaban J connectivity index is 1.39. The van der Waals surface area contributed by atoms with Crippen LogP contribution >= 0.6 is 0 Å². The number of nitro groups is 1. The van der Waals surface area contributed by atoms with E-state index in [0.29, 0.717) is 229 Å². The lowest BCUT2D eigenvalue weighted by molar-refractivity contribution is -0.384. The molecule has 0 radical (unpaired) electrons. The fourth-order valence-corrected chi connectivity index (χ4v) is 7.03. The number of amides is 2. The molecule has 2 atom stereocenters. The van der Waals surface area contributed by atoms with Crippen LogP contribution in [0.15, 0.2) is 42.5 Å². The zero-order valence-corrected chi connectivity index (χ0v) is 51.4. The number of hydrogen-bond donors (Lipinski definition) is 4. The molecule has 2 rings (SSSR count). The van der Waals surface area contributed by atoms with Crippen molar-refractivity contribution in [3.8, 4) is 5.75 Å². The van der Waals surface area contributed by atoms with Crippen LogP contribution in [0.1, 0.15) is 25.0 Å². The average Bonchev–Trinajstić information content (AvgIpc) is 3.71. The van der Waals surface area contributed by atoms with Crippen molar-refractivity contribution in [2.75, 3.05) is 237 Å². The number of carboxylic acid groups (broad SMARTS) is 1. The van der Waals surface area contributed by atoms with Crippen molar-refractivity contribution < 1.29 is 119 Å². The van der Waals surface area contributed by atoms with Crippen molar-refractivity contribution in [2.45, 2.75) is 39.0 Å². The molecule has 0 saturated heterocycles. The van der Waals surface area contributed by atoms with Gasteiger partial charge in [-0.1, -0.05) is 19.9 Å². The second kappa shape index (κ2) is 56.8. The van der Waals surface area contributed by atoms with Crippen LogP contribution in [0.3, 0.4) is 0 Å². The molecule has 0 spiro atoms. The Hall–Kier alpha value is -5.36. The fourth-order valence-electron chi connectivity index (χ4n) is 7.03. The SMILES string of the molecule is COCCOCCOCCOCCOCCOCCOCCOCCOCCOCCOCCOCCOCCOCCOCCOCCOCCc1cc(NC[C@@H](C=O)NC(=O)[C@@H](NC(=O)O)C(C)C)ccc1COC(=O)Oc1ccc([N+](=O)[O-])cc1. The third-order valence-corrected chi connectivity index (χ3v) is 11.6. The van der Waals surface area contributed by atoms with Gasteiger partial charge in [-0.15, -0.1) is 0 Å². The predicted molar refractivity (Wildman–Crippen MR) is 315 cm³/mol. The quantitative estimate of drug-likeness (QED) is 0.0184. The first-order valence-corrected chi connectivity index (χ1v) is 29.5. The molecule has 2 amide bonds. The number of ether oxygens (including phenoxy) is 19. The second-order valence-electron chi connectivity index (χ2n) is 18.7. The van der Waals surface area contributed by atoms with E-state index in [-0.39, 0.29) is 43.7 Å². The van der Waals surface area contributed by atoms with Crippen LogP contribution in [-0.4, -0.2) is 278 Å². The molecule has 4 N–H and O–H groups in total. The van der Waals surface area contributed by atoms with Crippen LogP contribution in [0, 0.1) is 16.0 Å². The van der Waals surface area contributed by atoms with E-state index in [4.69, 9.17) is 95.1 Å². The van der Waals surface area contributed by atoms with Crippen LogP contribution in [0.25, 0.3) is 0 Å². The maximum atomic E-state index is 12.8. The molecule has 504 valence electrons. The molecular formula is C58H96N4O26. The third kappa shape index (κ3) is 45.8. The first-order valence-electron chi connectivity index (χ1n) is 29.5. The van der Waals surface area contributed by atoms with Crippen LogP contribution in [0.5, 0.6) is 5.75 Å². The normalized spacial score (nSPS) is 12.0. The Morgan fingerprint density at radius 3 is 1.17 bits per heavy atom. The molecule has 30 heteroatoms.